The van der Waals surface area contributed by atoms with Gasteiger partial charge in [0.2, 0.25) is 0 Å². The lowest BCUT2D eigenvalue weighted by Crippen LogP contribution is -2.41. The SMILES string of the molecule is Cc1ccc(OC(C)C(=O)N(C)CC(C)C(=O)O)c(Br)c1. The van der Waals surface area contributed by atoms with E-state index in [0.29, 0.717) is 5.75 Å². The first kappa shape index (κ1) is 17.5. The highest BCUT2D eigenvalue weighted by molar-refractivity contribution is 9.10. The number of likely N-dealkylation sites (N-methyl/N-ethyl adjacent to an activating group) is 1. The van der Waals surface area contributed by atoms with E-state index in [1.54, 1.807) is 27.0 Å². The molecule has 116 valence electrons. The molecule has 0 aliphatic rings. The first-order valence-electron chi connectivity index (χ1n) is 6.63. The lowest BCUT2D eigenvalue weighted by molar-refractivity contribution is -0.144. The number of halogens is 1. The number of ether oxygens (including phenoxy) is 1. The number of carboxylic acids is 1. The minimum atomic E-state index is -0.926. The van der Waals surface area contributed by atoms with Gasteiger partial charge >= 0.3 is 5.97 Å². The van der Waals surface area contributed by atoms with Gasteiger partial charge in [0, 0.05) is 13.6 Å². The Kier molecular flexibility index (Phi) is 6.20. The Balaban J connectivity index is 2.67. The van der Waals surface area contributed by atoms with Crippen molar-refractivity contribution in [3.63, 3.8) is 0 Å². The van der Waals surface area contributed by atoms with Crippen LogP contribution in [0.2, 0.25) is 0 Å². The van der Waals surface area contributed by atoms with Gasteiger partial charge < -0.3 is 14.7 Å². The second kappa shape index (κ2) is 7.45. The number of carbonyl (C=O) groups excluding carboxylic acids is 1. The minimum Gasteiger partial charge on any atom is -0.481 e. The van der Waals surface area contributed by atoms with Crippen LogP contribution in [-0.2, 0) is 9.59 Å². The van der Waals surface area contributed by atoms with E-state index in [9.17, 15) is 9.59 Å². The van der Waals surface area contributed by atoms with Gasteiger partial charge in [-0.2, -0.15) is 0 Å². The molecule has 21 heavy (non-hydrogen) atoms. The van der Waals surface area contributed by atoms with Crippen LogP contribution >= 0.6 is 15.9 Å². The second-order valence-corrected chi connectivity index (χ2v) is 6.01. The summed E-state index contributed by atoms with van der Waals surface area (Å²) in [4.78, 5) is 24.4. The maximum Gasteiger partial charge on any atom is 0.308 e. The van der Waals surface area contributed by atoms with Gasteiger partial charge in [-0.1, -0.05) is 13.0 Å². The van der Waals surface area contributed by atoms with Crippen molar-refractivity contribution < 1.29 is 19.4 Å². The molecule has 5 nitrogen and oxygen atoms in total. The Labute approximate surface area is 133 Å². The zero-order valence-corrected chi connectivity index (χ0v) is 14.2. The molecule has 1 aromatic carbocycles. The van der Waals surface area contributed by atoms with E-state index >= 15 is 0 Å². The van der Waals surface area contributed by atoms with Gasteiger partial charge in [0.1, 0.15) is 5.75 Å². The van der Waals surface area contributed by atoms with Crippen LogP contribution in [0.3, 0.4) is 0 Å². The summed E-state index contributed by atoms with van der Waals surface area (Å²) in [6, 6.07) is 5.60. The molecule has 0 heterocycles. The van der Waals surface area contributed by atoms with Crippen LogP contribution in [0.1, 0.15) is 19.4 Å². The van der Waals surface area contributed by atoms with Crippen molar-refractivity contribution in [3.8, 4) is 5.75 Å². The van der Waals surface area contributed by atoms with Crippen molar-refractivity contribution in [3.05, 3.63) is 28.2 Å². The van der Waals surface area contributed by atoms with Crippen molar-refractivity contribution in [2.75, 3.05) is 13.6 Å². The summed E-state index contributed by atoms with van der Waals surface area (Å²) >= 11 is 3.39. The molecular weight excluding hydrogens is 338 g/mol. The summed E-state index contributed by atoms with van der Waals surface area (Å²) in [5.41, 5.74) is 1.08. The number of aliphatic carboxylic acids is 1. The zero-order chi connectivity index (χ0) is 16.2. The van der Waals surface area contributed by atoms with Gasteiger partial charge in [-0.25, -0.2) is 0 Å². The minimum absolute atomic E-state index is 0.150. The quantitative estimate of drug-likeness (QED) is 0.849. The number of amides is 1. The molecule has 1 amide bonds. The molecule has 1 aromatic rings. The third-order valence-corrected chi connectivity index (χ3v) is 3.70. The van der Waals surface area contributed by atoms with Crippen LogP contribution in [-0.4, -0.2) is 41.6 Å². The average Bonchev–Trinajstić information content (AvgIpc) is 2.40. The molecule has 0 spiro atoms. The smallest absolute Gasteiger partial charge is 0.308 e. The van der Waals surface area contributed by atoms with Gasteiger partial charge in [0.05, 0.1) is 10.4 Å². The molecule has 6 heteroatoms. The van der Waals surface area contributed by atoms with Crippen LogP contribution in [0.5, 0.6) is 5.75 Å². The summed E-state index contributed by atoms with van der Waals surface area (Å²) in [5, 5.41) is 8.87. The van der Waals surface area contributed by atoms with Crippen LogP contribution in [0.4, 0.5) is 0 Å². The first-order chi connectivity index (χ1) is 9.72. The van der Waals surface area contributed by atoms with E-state index in [4.69, 9.17) is 9.84 Å². The normalized spacial score (nSPS) is 13.4. The largest absolute Gasteiger partial charge is 0.481 e. The highest BCUT2D eigenvalue weighted by Crippen LogP contribution is 2.26. The average molecular weight is 358 g/mol. The molecule has 2 unspecified atom stereocenters. The molecule has 1 N–H and O–H groups in total. The fourth-order valence-electron chi connectivity index (χ4n) is 1.83. The summed E-state index contributed by atoms with van der Waals surface area (Å²) in [7, 11) is 1.58. The number of aryl methyl sites for hydroxylation is 1. The van der Waals surface area contributed by atoms with Crippen molar-refractivity contribution in [1.29, 1.82) is 0 Å². The Morgan fingerprint density at radius 3 is 2.52 bits per heavy atom. The van der Waals surface area contributed by atoms with Crippen LogP contribution < -0.4 is 4.74 Å². The van der Waals surface area contributed by atoms with Gasteiger partial charge in [-0.3, -0.25) is 9.59 Å². The Morgan fingerprint density at radius 2 is 2.00 bits per heavy atom. The highest BCUT2D eigenvalue weighted by atomic mass is 79.9. The number of hydrogen-bond donors (Lipinski definition) is 1. The molecule has 0 saturated heterocycles. The van der Waals surface area contributed by atoms with Crippen molar-refractivity contribution in [2.45, 2.75) is 26.9 Å². The van der Waals surface area contributed by atoms with Gasteiger partial charge in [-0.05, 0) is 47.5 Å². The Bertz CT molecular complexity index is 532. The molecule has 0 aliphatic carbocycles. The topological polar surface area (TPSA) is 66.8 Å². The number of benzene rings is 1. The maximum absolute atomic E-state index is 12.2. The predicted molar refractivity (Wildman–Crippen MR) is 83.4 cm³/mol. The Hall–Kier alpha value is -1.56. The van der Waals surface area contributed by atoms with E-state index in [0.717, 1.165) is 10.0 Å². The van der Waals surface area contributed by atoms with Gasteiger partial charge in [0.25, 0.3) is 5.91 Å². The number of carboxylic acid groups (broad SMARTS) is 1. The first-order valence-corrected chi connectivity index (χ1v) is 7.42. The van der Waals surface area contributed by atoms with Gasteiger partial charge in [-0.15, -0.1) is 0 Å². The lowest BCUT2D eigenvalue weighted by Gasteiger charge is -2.24. The van der Waals surface area contributed by atoms with Crippen LogP contribution in [0.25, 0.3) is 0 Å². The van der Waals surface area contributed by atoms with E-state index in [1.165, 1.54) is 4.90 Å². The molecule has 0 radical (unpaired) electrons. The molecule has 1 rings (SSSR count). The van der Waals surface area contributed by atoms with E-state index in [-0.39, 0.29) is 12.5 Å². The summed E-state index contributed by atoms with van der Waals surface area (Å²) in [6.45, 7) is 5.33. The predicted octanol–water partition coefficient (Wildman–Crippen LogP) is 2.70. The van der Waals surface area contributed by atoms with E-state index in [2.05, 4.69) is 15.9 Å². The molecule has 2 atom stereocenters. The molecule has 0 fully saturated rings. The van der Waals surface area contributed by atoms with Crippen molar-refractivity contribution in [1.82, 2.24) is 4.90 Å². The lowest BCUT2D eigenvalue weighted by atomic mass is 10.1. The fourth-order valence-corrected chi connectivity index (χ4v) is 2.42. The number of hydrogen-bond acceptors (Lipinski definition) is 3. The zero-order valence-electron chi connectivity index (χ0n) is 12.6. The third kappa shape index (κ3) is 5.04. The maximum atomic E-state index is 12.2. The molecule has 0 saturated carbocycles. The monoisotopic (exact) mass is 357 g/mol. The third-order valence-electron chi connectivity index (χ3n) is 3.08. The molecule has 0 aromatic heterocycles. The number of nitrogens with zero attached hydrogens (tertiary/aromatic N) is 1. The van der Waals surface area contributed by atoms with Crippen molar-refractivity contribution >= 4 is 27.8 Å². The van der Waals surface area contributed by atoms with Crippen LogP contribution in [0, 0.1) is 12.8 Å². The summed E-state index contributed by atoms with van der Waals surface area (Å²) in [6.07, 6.45) is -0.685. The van der Waals surface area contributed by atoms with E-state index < -0.39 is 18.0 Å². The summed E-state index contributed by atoms with van der Waals surface area (Å²) in [5.74, 6) is -1.21. The molecule has 0 bridgehead atoms. The summed E-state index contributed by atoms with van der Waals surface area (Å²) < 4.78 is 6.42. The fraction of sp³-hybridized carbons (Fsp3) is 0.467. The molecular formula is C15H20BrNO4. The molecule has 0 aliphatic heterocycles. The second-order valence-electron chi connectivity index (χ2n) is 5.15. The van der Waals surface area contributed by atoms with E-state index in [1.807, 2.05) is 19.1 Å². The van der Waals surface area contributed by atoms with Crippen LogP contribution in [0.15, 0.2) is 22.7 Å². The van der Waals surface area contributed by atoms with Crippen molar-refractivity contribution in [2.24, 2.45) is 5.92 Å². The number of rotatable bonds is 6. The standard InChI is InChI=1S/C15H20BrNO4/c1-9-5-6-13(12(16)7-9)21-11(3)14(18)17(4)8-10(2)15(19)20/h5-7,10-11H,8H2,1-4H3,(H,19,20). The number of carbonyl (C=O) groups is 2. The van der Waals surface area contributed by atoms with Gasteiger partial charge in [0.15, 0.2) is 6.10 Å². The Morgan fingerprint density at radius 1 is 1.38 bits per heavy atom. The highest BCUT2D eigenvalue weighted by Gasteiger charge is 2.23.